The number of rotatable bonds is 3. The molecule has 0 aromatic rings. The van der Waals surface area contributed by atoms with Crippen LogP contribution in [0.3, 0.4) is 0 Å². The van der Waals surface area contributed by atoms with Crippen LogP contribution in [0.1, 0.15) is 45.4 Å². The van der Waals surface area contributed by atoms with E-state index < -0.39 is 28.2 Å². The maximum Gasteiger partial charge on any atom is 0.410 e. The van der Waals surface area contributed by atoms with E-state index in [1.54, 1.807) is 9.80 Å². The van der Waals surface area contributed by atoms with Gasteiger partial charge in [-0.3, -0.25) is 4.79 Å². The van der Waals surface area contributed by atoms with Gasteiger partial charge < -0.3 is 19.3 Å². The second-order valence-electron chi connectivity index (χ2n) is 7.90. The van der Waals surface area contributed by atoms with Crippen LogP contribution in [0.15, 0.2) is 0 Å². The van der Waals surface area contributed by atoms with E-state index in [-0.39, 0.29) is 31.3 Å². The Bertz CT molecular complexity index is 677. The van der Waals surface area contributed by atoms with Gasteiger partial charge >= 0.3 is 6.09 Å². The fourth-order valence-electron chi connectivity index (χ4n) is 4.57. The highest BCUT2D eigenvalue weighted by Gasteiger charge is 2.38. The van der Waals surface area contributed by atoms with Crippen molar-refractivity contribution in [2.75, 3.05) is 32.6 Å². The van der Waals surface area contributed by atoms with Crippen LogP contribution in [-0.2, 0) is 24.3 Å². The molecule has 3 saturated heterocycles. The lowest BCUT2D eigenvalue weighted by Gasteiger charge is -2.41. The molecule has 9 nitrogen and oxygen atoms in total. The zero-order chi connectivity index (χ0) is 20.3. The van der Waals surface area contributed by atoms with Crippen molar-refractivity contribution < 1.29 is 27.5 Å². The smallest absolute Gasteiger partial charge is 0.410 e. The third-order valence-electron chi connectivity index (χ3n) is 5.95. The third kappa shape index (κ3) is 5.15. The van der Waals surface area contributed by atoms with Gasteiger partial charge in [0.1, 0.15) is 0 Å². The van der Waals surface area contributed by atoms with Crippen molar-refractivity contribution in [3.63, 3.8) is 0 Å². The largest absolute Gasteiger partial charge is 0.439 e. The van der Waals surface area contributed by atoms with Gasteiger partial charge in [-0.1, -0.05) is 0 Å². The zero-order valence-electron chi connectivity index (χ0n) is 16.6. The molecule has 3 aliphatic heterocycles. The molecule has 1 unspecified atom stereocenters. The van der Waals surface area contributed by atoms with Crippen molar-refractivity contribution in [3.8, 4) is 0 Å². The Balaban J connectivity index is 1.82. The summed E-state index contributed by atoms with van der Waals surface area (Å²) in [6, 6.07) is -0.706. The maximum atomic E-state index is 12.8. The van der Waals surface area contributed by atoms with Gasteiger partial charge in [0, 0.05) is 25.2 Å². The number of fused-ring (bicyclic) bond motifs is 7. The summed E-state index contributed by atoms with van der Waals surface area (Å²) < 4.78 is 37.7. The van der Waals surface area contributed by atoms with Gasteiger partial charge in [0.2, 0.25) is 10.0 Å². The molecule has 160 valence electrons. The van der Waals surface area contributed by atoms with E-state index in [0.29, 0.717) is 25.9 Å². The van der Waals surface area contributed by atoms with Gasteiger partial charge in [0.05, 0.1) is 25.0 Å². The Kier molecular flexibility index (Phi) is 6.82. The van der Waals surface area contributed by atoms with Crippen LogP contribution >= 0.6 is 0 Å². The first kappa shape index (κ1) is 21.3. The normalized spacial score (nSPS) is 32.8. The number of nitrogens with zero attached hydrogens (tertiary/aromatic N) is 2. The number of sulfonamides is 1. The first-order valence-electron chi connectivity index (χ1n) is 10.1. The Hall–Kier alpha value is -1.39. The Morgan fingerprint density at radius 1 is 1.14 bits per heavy atom. The standard InChI is InChI=1S/C18H31N3O6S/c1-3-20-13-6-8-14(9-7-13)26-11-16-15(19-28(2,24)25)5-4-10-21(16)17(22)12-27-18(20)23/h13-16,19H,3-12H2,1-2H3/t13?,14?,15-,16?/m0/s1. The molecule has 4 fully saturated rings. The quantitative estimate of drug-likeness (QED) is 0.725. The molecule has 1 saturated carbocycles. The van der Waals surface area contributed by atoms with Gasteiger partial charge in [0.25, 0.3) is 5.91 Å². The van der Waals surface area contributed by atoms with Crippen molar-refractivity contribution in [1.82, 2.24) is 14.5 Å². The number of hydrogen-bond acceptors (Lipinski definition) is 6. The molecule has 0 aromatic heterocycles. The molecular formula is C18H31N3O6S. The van der Waals surface area contributed by atoms with Crippen LogP contribution in [0.5, 0.6) is 0 Å². The summed E-state index contributed by atoms with van der Waals surface area (Å²) >= 11 is 0. The molecule has 0 aromatic carbocycles. The molecule has 1 aliphatic carbocycles. The summed E-state index contributed by atoms with van der Waals surface area (Å²) in [4.78, 5) is 28.6. The average Bonchev–Trinajstić information content (AvgIpc) is 2.66. The number of piperidine rings is 1. The fraction of sp³-hybridized carbons (Fsp3) is 0.889. The van der Waals surface area contributed by atoms with Gasteiger partial charge in [-0.15, -0.1) is 0 Å². The summed E-state index contributed by atoms with van der Waals surface area (Å²) in [5.41, 5.74) is 0. The molecule has 10 heteroatoms. The van der Waals surface area contributed by atoms with E-state index in [4.69, 9.17) is 9.47 Å². The Morgan fingerprint density at radius 2 is 1.86 bits per heavy atom. The topological polar surface area (TPSA) is 105 Å². The number of carbonyl (C=O) groups is 2. The van der Waals surface area contributed by atoms with Crippen LogP contribution < -0.4 is 4.72 Å². The second kappa shape index (κ2) is 8.96. The summed E-state index contributed by atoms with van der Waals surface area (Å²) in [7, 11) is -3.41. The second-order valence-corrected chi connectivity index (χ2v) is 9.68. The Morgan fingerprint density at radius 3 is 2.50 bits per heavy atom. The van der Waals surface area contributed by atoms with Gasteiger partial charge in [-0.2, -0.15) is 0 Å². The van der Waals surface area contributed by atoms with E-state index in [9.17, 15) is 18.0 Å². The minimum atomic E-state index is -3.41. The molecule has 2 amide bonds. The molecule has 4 aliphatic rings. The number of hydrogen-bond donors (Lipinski definition) is 1. The van der Waals surface area contributed by atoms with Crippen LogP contribution in [0.4, 0.5) is 4.79 Å². The first-order valence-corrected chi connectivity index (χ1v) is 12.0. The fourth-order valence-corrected chi connectivity index (χ4v) is 5.39. The summed E-state index contributed by atoms with van der Waals surface area (Å²) in [5, 5.41) is 0. The van der Waals surface area contributed by atoms with Crippen LogP contribution in [0.2, 0.25) is 0 Å². The third-order valence-corrected chi connectivity index (χ3v) is 6.68. The molecule has 0 spiro atoms. The molecular weight excluding hydrogens is 386 g/mol. The van der Waals surface area contributed by atoms with E-state index in [0.717, 1.165) is 31.9 Å². The van der Waals surface area contributed by atoms with Gasteiger partial charge in [-0.25, -0.2) is 17.9 Å². The predicted octanol–water partition coefficient (Wildman–Crippen LogP) is 0.695. The lowest BCUT2D eigenvalue weighted by molar-refractivity contribution is -0.141. The van der Waals surface area contributed by atoms with Crippen LogP contribution in [0, 0.1) is 0 Å². The highest BCUT2D eigenvalue weighted by atomic mass is 32.2. The highest BCUT2D eigenvalue weighted by molar-refractivity contribution is 7.88. The highest BCUT2D eigenvalue weighted by Crippen LogP contribution is 2.28. The monoisotopic (exact) mass is 417 g/mol. The Labute approximate surface area is 166 Å². The van der Waals surface area contributed by atoms with E-state index in [1.807, 2.05) is 6.92 Å². The average molecular weight is 418 g/mol. The number of ether oxygens (including phenoxy) is 2. The van der Waals surface area contributed by atoms with E-state index in [2.05, 4.69) is 4.72 Å². The van der Waals surface area contributed by atoms with Gasteiger partial charge in [-0.05, 0) is 45.4 Å². The molecule has 3 heterocycles. The SMILES string of the molecule is CCN1C(=O)OCC(=O)N2CCC[C@H](NS(C)(=O)=O)C2COC2CCC1CC2. The van der Waals surface area contributed by atoms with Crippen molar-refractivity contribution in [3.05, 3.63) is 0 Å². The molecule has 0 radical (unpaired) electrons. The van der Waals surface area contributed by atoms with Crippen molar-refractivity contribution in [2.45, 2.75) is 69.7 Å². The number of nitrogens with one attached hydrogen (secondary N) is 1. The number of carbonyl (C=O) groups excluding carboxylic acids is 2. The molecule has 2 atom stereocenters. The maximum absolute atomic E-state index is 12.8. The zero-order valence-corrected chi connectivity index (χ0v) is 17.4. The molecule has 4 rings (SSSR count). The molecule has 28 heavy (non-hydrogen) atoms. The summed E-state index contributed by atoms with van der Waals surface area (Å²) in [6.45, 7) is 2.88. The van der Waals surface area contributed by atoms with Crippen molar-refractivity contribution >= 4 is 22.0 Å². The minimum absolute atomic E-state index is 0.0597. The summed E-state index contributed by atoms with van der Waals surface area (Å²) in [6.07, 6.45) is 5.37. The molecule has 2 bridgehead atoms. The van der Waals surface area contributed by atoms with Gasteiger partial charge in [0.15, 0.2) is 6.61 Å². The molecule has 1 N–H and O–H groups in total. The van der Waals surface area contributed by atoms with Crippen molar-refractivity contribution in [2.24, 2.45) is 0 Å². The lowest BCUT2D eigenvalue weighted by Crippen LogP contribution is -2.59. The van der Waals surface area contributed by atoms with Crippen LogP contribution in [0.25, 0.3) is 0 Å². The lowest BCUT2D eigenvalue weighted by atomic mass is 9.91. The van der Waals surface area contributed by atoms with Crippen molar-refractivity contribution in [1.29, 1.82) is 0 Å². The number of amides is 2. The first-order chi connectivity index (χ1) is 13.3. The minimum Gasteiger partial charge on any atom is -0.439 e. The van der Waals surface area contributed by atoms with Crippen LogP contribution in [-0.4, -0.2) is 87.0 Å². The van der Waals surface area contributed by atoms with E-state index in [1.165, 1.54) is 0 Å². The predicted molar refractivity (Wildman–Crippen MR) is 102 cm³/mol. The summed E-state index contributed by atoms with van der Waals surface area (Å²) in [5.74, 6) is -0.315. The van der Waals surface area contributed by atoms with E-state index >= 15 is 0 Å².